The van der Waals surface area contributed by atoms with Crippen molar-refractivity contribution in [3.05, 3.63) is 119 Å². The molecule has 5 heteroatoms. The van der Waals surface area contributed by atoms with Gasteiger partial charge in [0.1, 0.15) is 11.6 Å². The standard InChI is InChI=1S/C29H24F2N2O/c30-24-14-9-21(10-15-24)19-23-7-4-8-26-28(23)32-33(29(26)22-12-16-25(31)17-13-22)27(34)18-11-20-5-2-1-3-6-20/h1-3,5-6,9-19,26,29H,4,7-8H2/b18-11+,23-19+/t26-,29-/m0/s1. The number of carbonyl (C=O) groups excluding carboxylic acids is 1. The fourth-order valence-electron chi connectivity index (χ4n) is 4.74. The Hall–Kier alpha value is -3.86. The summed E-state index contributed by atoms with van der Waals surface area (Å²) in [7, 11) is 0. The van der Waals surface area contributed by atoms with Gasteiger partial charge in [-0.05, 0) is 77.9 Å². The second kappa shape index (κ2) is 9.56. The molecule has 0 radical (unpaired) electrons. The number of hydrazone groups is 1. The first-order valence-electron chi connectivity index (χ1n) is 11.5. The normalized spacial score (nSPS) is 21.1. The Morgan fingerprint density at radius 1 is 0.882 bits per heavy atom. The van der Waals surface area contributed by atoms with E-state index in [0.717, 1.165) is 47.2 Å². The van der Waals surface area contributed by atoms with Crippen molar-refractivity contribution in [3.8, 4) is 0 Å². The van der Waals surface area contributed by atoms with Gasteiger partial charge in [-0.15, -0.1) is 0 Å². The minimum absolute atomic E-state index is 0.0139. The maximum atomic E-state index is 13.6. The third-order valence-corrected chi connectivity index (χ3v) is 6.37. The summed E-state index contributed by atoms with van der Waals surface area (Å²) < 4.78 is 27.0. The van der Waals surface area contributed by atoms with Crippen molar-refractivity contribution in [3.63, 3.8) is 0 Å². The predicted molar refractivity (Wildman–Crippen MR) is 131 cm³/mol. The summed E-state index contributed by atoms with van der Waals surface area (Å²) in [4.78, 5) is 13.3. The van der Waals surface area contributed by atoms with E-state index in [2.05, 4.69) is 0 Å². The molecular weight excluding hydrogens is 430 g/mol. The van der Waals surface area contributed by atoms with Crippen LogP contribution in [-0.4, -0.2) is 16.6 Å². The highest BCUT2D eigenvalue weighted by atomic mass is 19.1. The van der Waals surface area contributed by atoms with Crippen molar-refractivity contribution in [2.75, 3.05) is 0 Å². The molecule has 5 rings (SSSR count). The summed E-state index contributed by atoms with van der Waals surface area (Å²) in [6.45, 7) is 0. The van der Waals surface area contributed by atoms with Gasteiger partial charge in [0.15, 0.2) is 0 Å². The van der Waals surface area contributed by atoms with E-state index in [4.69, 9.17) is 5.10 Å². The van der Waals surface area contributed by atoms with Gasteiger partial charge in [0, 0.05) is 12.0 Å². The van der Waals surface area contributed by atoms with Crippen LogP contribution >= 0.6 is 0 Å². The maximum Gasteiger partial charge on any atom is 0.267 e. The van der Waals surface area contributed by atoms with Gasteiger partial charge in [0.05, 0.1) is 11.8 Å². The summed E-state index contributed by atoms with van der Waals surface area (Å²) in [6.07, 6.45) is 8.02. The predicted octanol–water partition coefficient (Wildman–Crippen LogP) is 6.80. The number of carbonyl (C=O) groups is 1. The van der Waals surface area contributed by atoms with E-state index in [-0.39, 0.29) is 29.5 Å². The first-order chi connectivity index (χ1) is 16.6. The molecule has 1 saturated carbocycles. The minimum atomic E-state index is -0.315. The zero-order valence-corrected chi connectivity index (χ0v) is 18.6. The highest BCUT2D eigenvalue weighted by Crippen LogP contribution is 2.44. The monoisotopic (exact) mass is 454 g/mol. The van der Waals surface area contributed by atoms with E-state index in [0.29, 0.717) is 0 Å². The Labute approximate surface area is 197 Å². The summed E-state index contributed by atoms with van der Waals surface area (Å²) in [5.41, 5.74) is 4.61. The third kappa shape index (κ3) is 4.60. The van der Waals surface area contributed by atoms with Crippen molar-refractivity contribution < 1.29 is 13.6 Å². The maximum absolute atomic E-state index is 13.6. The van der Waals surface area contributed by atoms with Gasteiger partial charge in [-0.25, -0.2) is 13.8 Å². The lowest BCUT2D eigenvalue weighted by atomic mass is 9.77. The number of allylic oxidation sites excluding steroid dienone is 1. The molecule has 0 bridgehead atoms. The largest absolute Gasteiger partial charge is 0.268 e. The number of benzene rings is 3. The second-order valence-electron chi connectivity index (χ2n) is 8.63. The number of fused-ring (bicyclic) bond motifs is 1. The third-order valence-electron chi connectivity index (χ3n) is 6.37. The Balaban J connectivity index is 1.51. The number of rotatable bonds is 4. The van der Waals surface area contributed by atoms with Gasteiger partial charge >= 0.3 is 0 Å². The fraction of sp³-hybridized carbons (Fsp3) is 0.172. The first kappa shape index (κ1) is 22.0. The summed E-state index contributed by atoms with van der Waals surface area (Å²) in [5.74, 6) is -0.799. The summed E-state index contributed by atoms with van der Waals surface area (Å²) in [5, 5.41) is 6.35. The number of halogens is 2. The van der Waals surface area contributed by atoms with Crippen LogP contribution in [0.15, 0.2) is 95.6 Å². The summed E-state index contributed by atoms with van der Waals surface area (Å²) in [6, 6.07) is 22.0. The van der Waals surface area contributed by atoms with E-state index in [1.165, 1.54) is 35.4 Å². The number of hydrogen-bond acceptors (Lipinski definition) is 2. The van der Waals surface area contributed by atoms with Gasteiger partial charge < -0.3 is 0 Å². The van der Waals surface area contributed by atoms with Gasteiger partial charge in [-0.1, -0.05) is 54.6 Å². The van der Waals surface area contributed by atoms with Crippen molar-refractivity contribution in [1.82, 2.24) is 5.01 Å². The molecule has 2 aliphatic rings. The Morgan fingerprint density at radius 3 is 2.26 bits per heavy atom. The second-order valence-corrected chi connectivity index (χ2v) is 8.63. The molecule has 2 atom stereocenters. The summed E-state index contributed by atoms with van der Waals surface area (Å²) >= 11 is 0. The minimum Gasteiger partial charge on any atom is -0.268 e. The van der Waals surface area contributed by atoms with Crippen LogP contribution < -0.4 is 0 Å². The van der Waals surface area contributed by atoms with Crippen molar-refractivity contribution in [2.45, 2.75) is 25.3 Å². The molecule has 3 aromatic rings. The SMILES string of the molecule is O=C(/C=C/c1ccccc1)N1N=C2/C(=C/c3ccc(F)cc3)CCC[C@@H]2[C@@H]1c1ccc(F)cc1. The molecule has 0 saturated heterocycles. The van der Waals surface area contributed by atoms with Crippen molar-refractivity contribution >= 4 is 23.8 Å². The average Bonchev–Trinajstić information content (AvgIpc) is 3.26. The van der Waals surface area contributed by atoms with E-state index in [1.54, 1.807) is 30.3 Å². The van der Waals surface area contributed by atoms with Crippen molar-refractivity contribution in [2.24, 2.45) is 11.0 Å². The van der Waals surface area contributed by atoms with Crippen LogP contribution in [0.4, 0.5) is 8.78 Å². The number of amides is 1. The van der Waals surface area contributed by atoms with E-state index < -0.39 is 0 Å². The Kier molecular flexibility index (Phi) is 6.17. The van der Waals surface area contributed by atoms with Crippen LogP contribution in [-0.2, 0) is 4.79 Å². The van der Waals surface area contributed by atoms with E-state index in [1.807, 2.05) is 36.4 Å². The molecule has 170 valence electrons. The molecule has 0 N–H and O–H groups in total. The lowest BCUT2D eigenvalue weighted by molar-refractivity contribution is -0.128. The van der Waals surface area contributed by atoms with Gasteiger partial charge in [-0.3, -0.25) is 4.79 Å². The van der Waals surface area contributed by atoms with E-state index in [9.17, 15) is 13.6 Å². The quantitative estimate of drug-likeness (QED) is 0.399. The molecule has 1 aliphatic heterocycles. The molecule has 3 aromatic carbocycles. The lowest BCUT2D eigenvalue weighted by Gasteiger charge is -2.29. The molecule has 1 amide bonds. The molecule has 1 fully saturated rings. The van der Waals surface area contributed by atoms with Gasteiger partial charge in [0.25, 0.3) is 5.91 Å². The molecule has 1 heterocycles. The van der Waals surface area contributed by atoms with Crippen LogP contribution in [0.25, 0.3) is 12.2 Å². The molecule has 3 nitrogen and oxygen atoms in total. The van der Waals surface area contributed by atoms with E-state index >= 15 is 0 Å². The Morgan fingerprint density at radius 2 is 1.56 bits per heavy atom. The van der Waals surface area contributed by atoms with Crippen molar-refractivity contribution in [1.29, 1.82) is 0 Å². The number of hydrogen-bond donors (Lipinski definition) is 0. The smallest absolute Gasteiger partial charge is 0.267 e. The topological polar surface area (TPSA) is 32.7 Å². The molecule has 1 aliphatic carbocycles. The fourth-order valence-corrected chi connectivity index (χ4v) is 4.74. The van der Waals surface area contributed by atoms with Crippen LogP contribution in [0, 0.1) is 17.6 Å². The first-order valence-corrected chi connectivity index (χ1v) is 11.5. The molecule has 0 unspecified atom stereocenters. The highest BCUT2D eigenvalue weighted by Gasteiger charge is 2.43. The van der Waals surface area contributed by atoms with Gasteiger partial charge in [0.2, 0.25) is 0 Å². The van der Waals surface area contributed by atoms with Crippen LogP contribution in [0.2, 0.25) is 0 Å². The van der Waals surface area contributed by atoms with Crippen LogP contribution in [0.5, 0.6) is 0 Å². The molecular formula is C29H24F2N2O. The zero-order valence-electron chi connectivity index (χ0n) is 18.6. The lowest BCUT2D eigenvalue weighted by Crippen LogP contribution is -2.31. The van der Waals surface area contributed by atoms with Gasteiger partial charge in [-0.2, -0.15) is 5.10 Å². The molecule has 0 aromatic heterocycles. The Bertz CT molecular complexity index is 1260. The molecule has 0 spiro atoms. The van der Waals surface area contributed by atoms with Crippen LogP contribution in [0.3, 0.4) is 0 Å². The average molecular weight is 455 g/mol. The molecule has 34 heavy (non-hydrogen) atoms. The number of nitrogens with zero attached hydrogens (tertiary/aromatic N) is 2. The van der Waals surface area contributed by atoms with Crippen LogP contribution in [0.1, 0.15) is 42.0 Å². The zero-order chi connectivity index (χ0) is 23.5. The highest BCUT2D eigenvalue weighted by molar-refractivity contribution is 6.08.